The highest BCUT2D eigenvalue weighted by molar-refractivity contribution is 5.01. The molecule has 1 fully saturated rings. The number of alkyl halides is 3. The van der Waals surface area contributed by atoms with Gasteiger partial charge in [-0.3, -0.25) is 0 Å². The van der Waals surface area contributed by atoms with E-state index in [0.29, 0.717) is 18.6 Å². The van der Waals surface area contributed by atoms with E-state index in [2.05, 4.69) is 10.3 Å². The Morgan fingerprint density at radius 1 is 1.50 bits per heavy atom. The average molecular weight is 234 g/mol. The Bertz CT molecular complexity index is 342. The van der Waals surface area contributed by atoms with Crippen molar-refractivity contribution in [2.24, 2.45) is 5.92 Å². The van der Waals surface area contributed by atoms with Crippen LogP contribution in [0.1, 0.15) is 24.4 Å². The Hall–Kier alpha value is -1.04. The molecule has 1 aliphatic rings. The molecule has 0 bridgehead atoms. The van der Waals surface area contributed by atoms with Crippen LogP contribution in [0.3, 0.4) is 0 Å². The highest BCUT2D eigenvalue weighted by Gasteiger charge is 2.34. The van der Waals surface area contributed by atoms with Gasteiger partial charge in [0, 0.05) is 6.42 Å². The number of nitrogens with zero attached hydrogens (tertiary/aromatic N) is 1. The summed E-state index contributed by atoms with van der Waals surface area (Å²) in [7, 11) is 0. The van der Waals surface area contributed by atoms with Crippen molar-refractivity contribution >= 4 is 0 Å². The summed E-state index contributed by atoms with van der Waals surface area (Å²) in [5, 5.41) is 3.20. The predicted molar refractivity (Wildman–Crippen MR) is 50.8 cm³/mol. The van der Waals surface area contributed by atoms with Crippen LogP contribution in [-0.2, 0) is 12.6 Å². The maximum atomic E-state index is 12.2. The normalized spacial score (nSPS) is 22.3. The summed E-state index contributed by atoms with van der Waals surface area (Å²) < 4.78 is 41.6. The van der Waals surface area contributed by atoms with Crippen LogP contribution < -0.4 is 5.32 Å². The molecule has 6 heteroatoms. The van der Waals surface area contributed by atoms with E-state index < -0.39 is 11.9 Å². The Balaban J connectivity index is 1.97. The summed E-state index contributed by atoms with van der Waals surface area (Å²) in [4.78, 5) is 3.46. The van der Waals surface area contributed by atoms with Gasteiger partial charge in [0.25, 0.3) is 0 Å². The molecule has 16 heavy (non-hydrogen) atoms. The summed E-state index contributed by atoms with van der Waals surface area (Å²) in [6.45, 7) is 1.81. The third-order valence-corrected chi connectivity index (χ3v) is 2.70. The van der Waals surface area contributed by atoms with Crippen LogP contribution in [0, 0.1) is 5.92 Å². The molecule has 2 rings (SSSR count). The van der Waals surface area contributed by atoms with Gasteiger partial charge in [0.05, 0.1) is 0 Å². The van der Waals surface area contributed by atoms with E-state index >= 15 is 0 Å². The van der Waals surface area contributed by atoms with Crippen LogP contribution in [0.15, 0.2) is 10.7 Å². The fraction of sp³-hybridized carbons (Fsp3) is 0.700. The van der Waals surface area contributed by atoms with Gasteiger partial charge < -0.3 is 9.73 Å². The molecule has 0 amide bonds. The molecule has 1 saturated heterocycles. The van der Waals surface area contributed by atoms with Gasteiger partial charge in [0.15, 0.2) is 11.6 Å². The zero-order valence-corrected chi connectivity index (χ0v) is 8.68. The fourth-order valence-corrected chi connectivity index (χ4v) is 1.88. The van der Waals surface area contributed by atoms with Gasteiger partial charge in [-0.2, -0.15) is 13.2 Å². The molecule has 1 N–H and O–H groups in total. The highest BCUT2D eigenvalue weighted by atomic mass is 19.4. The van der Waals surface area contributed by atoms with Gasteiger partial charge in [-0.15, -0.1) is 0 Å². The number of hydrogen-bond donors (Lipinski definition) is 1. The number of oxazole rings is 1. The fourth-order valence-electron chi connectivity index (χ4n) is 1.88. The first-order chi connectivity index (χ1) is 7.55. The molecule has 0 spiro atoms. The van der Waals surface area contributed by atoms with Gasteiger partial charge in [-0.1, -0.05) is 0 Å². The topological polar surface area (TPSA) is 38.1 Å². The minimum Gasteiger partial charge on any atom is -0.448 e. The maximum absolute atomic E-state index is 12.2. The second-order valence-corrected chi connectivity index (χ2v) is 4.04. The Morgan fingerprint density at radius 2 is 2.31 bits per heavy atom. The first kappa shape index (κ1) is 11.4. The number of nitrogens with one attached hydrogen (secondary N) is 1. The third-order valence-electron chi connectivity index (χ3n) is 2.70. The molecule has 1 aromatic heterocycles. The molecule has 2 heterocycles. The molecular weight excluding hydrogens is 221 g/mol. The zero-order valence-electron chi connectivity index (χ0n) is 8.68. The summed E-state index contributed by atoms with van der Waals surface area (Å²) in [6.07, 6.45) is -1.19. The van der Waals surface area contributed by atoms with Gasteiger partial charge in [-0.05, 0) is 31.8 Å². The predicted octanol–water partition coefficient (Wildman–Crippen LogP) is 2.24. The second-order valence-electron chi connectivity index (χ2n) is 4.04. The second kappa shape index (κ2) is 4.45. The lowest BCUT2D eigenvalue weighted by molar-refractivity contribution is -0.141. The standard InChI is InChI=1S/C10H13F3N2O/c11-10(12,13)8-6-16-9(15-8)4-7-2-1-3-14-5-7/h6-7,14H,1-5H2. The van der Waals surface area contributed by atoms with Crippen molar-refractivity contribution in [2.45, 2.75) is 25.4 Å². The maximum Gasteiger partial charge on any atom is 0.436 e. The molecular formula is C10H13F3N2O. The van der Waals surface area contributed by atoms with Crippen molar-refractivity contribution in [3.8, 4) is 0 Å². The molecule has 3 nitrogen and oxygen atoms in total. The highest BCUT2D eigenvalue weighted by Crippen LogP contribution is 2.29. The lowest BCUT2D eigenvalue weighted by Crippen LogP contribution is -2.30. The van der Waals surface area contributed by atoms with Crippen LogP contribution in [0.4, 0.5) is 13.2 Å². The smallest absolute Gasteiger partial charge is 0.436 e. The van der Waals surface area contributed by atoms with Crippen LogP contribution in [0.5, 0.6) is 0 Å². The van der Waals surface area contributed by atoms with E-state index in [0.717, 1.165) is 25.9 Å². The first-order valence-corrected chi connectivity index (χ1v) is 5.28. The number of rotatable bonds is 2. The lowest BCUT2D eigenvalue weighted by Gasteiger charge is -2.21. The van der Waals surface area contributed by atoms with E-state index in [1.807, 2.05) is 0 Å². The number of aromatic nitrogens is 1. The summed E-state index contributed by atoms with van der Waals surface area (Å²) in [5.41, 5.74) is -0.939. The summed E-state index contributed by atoms with van der Waals surface area (Å²) >= 11 is 0. The van der Waals surface area contributed by atoms with E-state index in [-0.39, 0.29) is 5.89 Å². The van der Waals surface area contributed by atoms with Gasteiger partial charge in [0.2, 0.25) is 0 Å². The summed E-state index contributed by atoms with van der Waals surface area (Å²) in [5.74, 6) is 0.509. The summed E-state index contributed by atoms with van der Waals surface area (Å²) in [6, 6.07) is 0. The number of halogens is 3. The first-order valence-electron chi connectivity index (χ1n) is 5.28. The molecule has 0 aromatic carbocycles. The van der Waals surface area contributed by atoms with Crippen molar-refractivity contribution in [3.63, 3.8) is 0 Å². The Labute approximate surface area is 91.0 Å². The van der Waals surface area contributed by atoms with E-state index in [9.17, 15) is 13.2 Å². The number of hydrogen-bond acceptors (Lipinski definition) is 3. The minimum atomic E-state index is -4.41. The van der Waals surface area contributed by atoms with Crippen LogP contribution in [0.25, 0.3) is 0 Å². The number of piperidine rings is 1. The van der Waals surface area contributed by atoms with Crippen molar-refractivity contribution in [2.75, 3.05) is 13.1 Å². The Morgan fingerprint density at radius 3 is 2.88 bits per heavy atom. The van der Waals surface area contributed by atoms with Crippen LogP contribution >= 0.6 is 0 Å². The lowest BCUT2D eigenvalue weighted by atomic mass is 9.96. The largest absolute Gasteiger partial charge is 0.448 e. The van der Waals surface area contributed by atoms with Gasteiger partial charge in [0.1, 0.15) is 6.26 Å². The molecule has 1 aromatic rings. The zero-order chi connectivity index (χ0) is 11.6. The molecule has 1 aliphatic heterocycles. The molecule has 90 valence electrons. The average Bonchev–Trinajstić information content (AvgIpc) is 2.67. The van der Waals surface area contributed by atoms with Crippen molar-refractivity contribution in [3.05, 3.63) is 17.8 Å². The monoisotopic (exact) mass is 234 g/mol. The van der Waals surface area contributed by atoms with E-state index in [4.69, 9.17) is 4.42 Å². The molecule has 0 saturated carbocycles. The van der Waals surface area contributed by atoms with Crippen LogP contribution in [-0.4, -0.2) is 18.1 Å². The van der Waals surface area contributed by atoms with Crippen LogP contribution in [0.2, 0.25) is 0 Å². The van der Waals surface area contributed by atoms with Crippen molar-refractivity contribution < 1.29 is 17.6 Å². The molecule has 0 aliphatic carbocycles. The van der Waals surface area contributed by atoms with E-state index in [1.165, 1.54) is 0 Å². The third kappa shape index (κ3) is 2.75. The van der Waals surface area contributed by atoms with Crippen molar-refractivity contribution in [1.82, 2.24) is 10.3 Å². The quantitative estimate of drug-likeness (QED) is 0.852. The molecule has 1 atom stereocenters. The van der Waals surface area contributed by atoms with Crippen molar-refractivity contribution in [1.29, 1.82) is 0 Å². The van der Waals surface area contributed by atoms with Gasteiger partial charge >= 0.3 is 6.18 Å². The van der Waals surface area contributed by atoms with E-state index in [1.54, 1.807) is 0 Å². The Kier molecular flexibility index (Phi) is 3.18. The molecule has 1 unspecified atom stereocenters. The SMILES string of the molecule is FC(F)(F)c1coc(CC2CCCNC2)n1. The van der Waals surface area contributed by atoms with Gasteiger partial charge in [-0.25, -0.2) is 4.98 Å². The minimum absolute atomic E-state index is 0.182. The molecule has 0 radical (unpaired) electrons.